The lowest BCUT2D eigenvalue weighted by molar-refractivity contribution is -0.113. The lowest BCUT2D eigenvalue weighted by Crippen LogP contribution is -2.26. The molecule has 1 N–H and O–H groups in total. The largest absolute Gasteiger partial charge is 0.325 e. The van der Waals surface area contributed by atoms with E-state index in [1.54, 1.807) is 16.3 Å². The van der Waals surface area contributed by atoms with Gasteiger partial charge in [-0.3, -0.25) is 14.2 Å². The zero-order valence-corrected chi connectivity index (χ0v) is 19.8. The maximum absolute atomic E-state index is 13.3. The molecule has 1 amide bonds. The number of nitrogens with one attached hydrogen (secondary N) is 1. The number of carbonyl (C=O) groups excluding carboxylic acids is 1. The van der Waals surface area contributed by atoms with Gasteiger partial charge in [0.2, 0.25) is 5.91 Å². The number of hydrogen-bond acceptors (Lipinski definition) is 5. The van der Waals surface area contributed by atoms with E-state index in [9.17, 15) is 9.59 Å². The highest BCUT2D eigenvalue weighted by molar-refractivity contribution is 8.00. The molecule has 2 heterocycles. The molecule has 1 aromatic heterocycles. The van der Waals surface area contributed by atoms with Crippen LogP contribution in [-0.4, -0.2) is 26.5 Å². The first kappa shape index (κ1) is 21.8. The highest BCUT2D eigenvalue weighted by atomic mass is 32.2. The van der Waals surface area contributed by atoms with Crippen LogP contribution in [-0.2, 0) is 17.8 Å². The number of fused-ring (bicyclic) bond motifs is 2. The summed E-state index contributed by atoms with van der Waals surface area (Å²) in [6, 6.07) is 23.7. The molecule has 5 nitrogen and oxygen atoms in total. The van der Waals surface area contributed by atoms with Crippen LogP contribution in [0.5, 0.6) is 0 Å². The molecule has 5 rings (SSSR count). The van der Waals surface area contributed by atoms with Gasteiger partial charge in [0.15, 0.2) is 5.16 Å². The van der Waals surface area contributed by atoms with Crippen molar-refractivity contribution in [3.8, 4) is 0 Å². The Morgan fingerprint density at radius 1 is 1.09 bits per heavy atom. The van der Waals surface area contributed by atoms with Crippen molar-refractivity contribution in [1.82, 2.24) is 9.55 Å². The van der Waals surface area contributed by atoms with Crippen LogP contribution >= 0.6 is 23.5 Å². The van der Waals surface area contributed by atoms with Crippen LogP contribution in [0.3, 0.4) is 0 Å². The smallest absolute Gasteiger partial charge is 0.268 e. The Morgan fingerprint density at radius 3 is 2.70 bits per heavy atom. The Balaban J connectivity index is 1.39. The first-order valence-electron chi connectivity index (χ1n) is 10.8. The molecule has 0 aliphatic carbocycles. The highest BCUT2D eigenvalue weighted by Crippen LogP contribution is 2.34. The fraction of sp³-hybridized carbons (Fsp3) is 0.192. The average Bonchev–Trinajstić information content (AvgIpc) is 3.21. The second-order valence-electron chi connectivity index (χ2n) is 8.04. The molecule has 4 aromatic rings. The van der Waals surface area contributed by atoms with Gasteiger partial charge in [-0.25, -0.2) is 4.98 Å². The SMILES string of the molecule is C[C@H]1Cc2nc(SCC(=O)Nc3cccc4ccccc34)n(Cc3ccccc3)c(=O)c2S1. The number of anilines is 1. The number of carbonyl (C=O) groups is 1. The molecule has 0 saturated heterocycles. The summed E-state index contributed by atoms with van der Waals surface area (Å²) in [7, 11) is 0. The summed E-state index contributed by atoms with van der Waals surface area (Å²) in [6.45, 7) is 2.54. The third kappa shape index (κ3) is 4.70. The van der Waals surface area contributed by atoms with Gasteiger partial charge in [-0.2, -0.15) is 0 Å². The molecule has 7 heteroatoms. The molecule has 0 saturated carbocycles. The minimum atomic E-state index is -0.125. The first-order valence-corrected chi connectivity index (χ1v) is 12.7. The molecule has 3 aromatic carbocycles. The molecule has 33 heavy (non-hydrogen) atoms. The van der Waals surface area contributed by atoms with E-state index in [4.69, 9.17) is 4.98 Å². The molecular weight excluding hydrogens is 450 g/mol. The second-order valence-corrected chi connectivity index (χ2v) is 10.4. The van der Waals surface area contributed by atoms with Gasteiger partial charge in [0.1, 0.15) is 0 Å². The molecule has 166 valence electrons. The lowest BCUT2D eigenvalue weighted by Gasteiger charge is -2.14. The standard InChI is InChI=1S/C26H23N3O2S2/c1-17-14-22-24(33-17)25(31)29(15-18-8-3-2-4-9-18)26(28-22)32-16-23(30)27-21-13-7-11-19-10-5-6-12-20(19)21/h2-13,17H,14-16H2,1H3,(H,27,30)/t17-/m0/s1. The van der Waals surface area contributed by atoms with Crippen molar-refractivity contribution in [3.63, 3.8) is 0 Å². The number of aromatic nitrogens is 2. The lowest BCUT2D eigenvalue weighted by atomic mass is 10.1. The van der Waals surface area contributed by atoms with Gasteiger partial charge >= 0.3 is 0 Å². The van der Waals surface area contributed by atoms with Crippen molar-refractivity contribution in [2.75, 3.05) is 11.1 Å². The summed E-state index contributed by atoms with van der Waals surface area (Å²) >= 11 is 2.90. The fourth-order valence-electron chi connectivity index (χ4n) is 4.00. The van der Waals surface area contributed by atoms with E-state index in [1.807, 2.05) is 72.8 Å². The van der Waals surface area contributed by atoms with E-state index in [-0.39, 0.29) is 17.2 Å². The number of hydrogen-bond donors (Lipinski definition) is 1. The van der Waals surface area contributed by atoms with Crippen molar-refractivity contribution < 1.29 is 4.79 Å². The molecule has 1 atom stereocenters. The van der Waals surface area contributed by atoms with Gasteiger partial charge in [0.05, 0.1) is 22.9 Å². The van der Waals surface area contributed by atoms with E-state index in [0.29, 0.717) is 17.0 Å². The fourth-order valence-corrected chi connectivity index (χ4v) is 5.93. The molecule has 0 spiro atoms. The van der Waals surface area contributed by atoms with Gasteiger partial charge in [0, 0.05) is 22.7 Å². The maximum atomic E-state index is 13.3. The zero-order chi connectivity index (χ0) is 22.8. The topological polar surface area (TPSA) is 64.0 Å². The van der Waals surface area contributed by atoms with Crippen LogP contribution < -0.4 is 10.9 Å². The van der Waals surface area contributed by atoms with Crippen LogP contribution in [0.1, 0.15) is 18.2 Å². The summed E-state index contributed by atoms with van der Waals surface area (Å²) < 4.78 is 1.70. The number of thioether (sulfide) groups is 2. The number of nitrogens with zero attached hydrogens (tertiary/aromatic N) is 2. The summed E-state index contributed by atoms with van der Waals surface area (Å²) in [5.41, 5.74) is 2.64. The van der Waals surface area contributed by atoms with Crippen molar-refractivity contribution in [3.05, 3.63) is 94.4 Å². The monoisotopic (exact) mass is 473 g/mol. The highest BCUT2D eigenvalue weighted by Gasteiger charge is 2.26. The molecule has 0 radical (unpaired) electrons. The predicted octanol–water partition coefficient (Wildman–Crippen LogP) is 5.21. The van der Waals surface area contributed by atoms with Gasteiger partial charge in [0.25, 0.3) is 5.56 Å². The van der Waals surface area contributed by atoms with E-state index < -0.39 is 0 Å². The first-order chi connectivity index (χ1) is 16.1. The van der Waals surface area contributed by atoms with E-state index in [0.717, 1.165) is 39.0 Å². The molecular formula is C26H23N3O2S2. The van der Waals surface area contributed by atoms with E-state index >= 15 is 0 Å². The average molecular weight is 474 g/mol. The van der Waals surface area contributed by atoms with E-state index in [2.05, 4.69) is 12.2 Å². The van der Waals surface area contributed by atoms with E-state index in [1.165, 1.54) is 11.8 Å². The predicted molar refractivity (Wildman–Crippen MR) is 136 cm³/mol. The Bertz CT molecular complexity index is 1380. The summed E-state index contributed by atoms with van der Waals surface area (Å²) in [4.78, 5) is 31.7. The van der Waals surface area contributed by atoms with Crippen LogP contribution in [0, 0.1) is 0 Å². The minimum Gasteiger partial charge on any atom is -0.325 e. The number of benzene rings is 3. The third-order valence-electron chi connectivity index (χ3n) is 5.54. The van der Waals surface area contributed by atoms with Gasteiger partial charge in [-0.1, -0.05) is 85.4 Å². The van der Waals surface area contributed by atoms with Crippen LogP contribution in [0.25, 0.3) is 10.8 Å². The Labute approximate surface area is 200 Å². The zero-order valence-electron chi connectivity index (χ0n) is 18.2. The molecule has 1 aliphatic heterocycles. The number of amides is 1. The van der Waals surface area contributed by atoms with Crippen LogP contribution in [0.2, 0.25) is 0 Å². The van der Waals surface area contributed by atoms with Crippen molar-refractivity contribution >= 4 is 45.9 Å². The minimum absolute atomic E-state index is 0.0184. The molecule has 1 aliphatic rings. The third-order valence-corrected chi connectivity index (χ3v) is 7.73. The second kappa shape index (κ2) is 9.45. The van der Waals surface area contributed by atoms with Gasteiger partial charge in [-0.15, -0.1) is 11.8 Å². The molecule has 0 unspecified atom stereocenters. The Kier molecular flexibility index (Phi) is 6.24. The van der Waals surface area contributed by atoms with Gasteiger partial charge in [-0.05, 0) is 17.0 Å². The molecule has 0 bridgehead atoms. The summed E-state index contributed by atoms with van der Waals surface area (Å²) in [5, 5.41) is 6.02. The van der Waals surface area contributed by atoms with Crippen LogP contribution in [0.15, 0.2) is 87.6 Å². The maximum Gasteiger partial charge on any atom is 0.268 e. The Morgan fingerprint density at radius 2 is 1.85 bits per heavy atom. The normalized spacial score (nSPS) is 14.9. The van der Waals surface area contributed by atoms with Crippen molar-refractivity contribution in [2.24, 2.45) is 0 Å². The molecule has 0 fully saturated rings. The van der Waals surface area contributed by atoms with Crippen molar-refractivity contribution in [1.29, 1.82) is 0 Å². The van der Waals surface area contributed by atoms with Gasteiger partial charge < -0.3 is 5.32 Å². The number of rotatable bonds is 6. The van der Waals surface area contributed by atoms with Crippen LogP contribution in [0.4, 0.5) is 5.69 Å². The van der Waals surface area contributed by atoms with Crippen molar-refractivity contribution in [2.45, 2.75) is 35.2 Å². The summed E-state index contributed by atoms with van der Waals surface area (Å²) in [6.07, 6.45) is 0.775. The summed E-state index contributed by atoms with van der Waals surface area (Å²) in [5.74, 6) is 0.0477. The Hall–Kier alpha value is -3.03. The quantitative estimate of drug-likeness (QED) is 0.308.